The number of benzene rings is 4. The highest BCUT2D eigenvalue weighted by Gasteiger charge is 2.62. The SMILES string of the molecule is COc1ccc(C2=CC(c3ccccc3)=C[C@]3([C@H]2C(=O)c2ccccc2)N(C)c2ccccc2C3(C)C)cc1. The van der Waals surface area contributed by atoms with Crippen LogP contribution in [0, 0.1) is 5.92 Å². The van der Waals surface area contributed by atoms with Gasteiger partial charge in [0, 0.05) is 23.7 Å². The Morgan fingerprint density at radius 1 is 0.769 bits per heavy atom. The number of hydrogen-bond acceptors (Lipinski definition) is 3. The Labute approximate surface area is 231 Å². The fourth-order valence-corrected chi connectivity index (χ4v) is 6.75. The maximum absolute atomic E-state index is 14.8. The maximum Gasteiger partial charge on any atom is 0.173 e. The zero-order chi connectivity index (χ0) is 27.2. The van der Waals surface area contributed by atoms with Crippen LogP contribution in [0.4, 0.5) is 5.69 Å². The lowest BCUT2D eigenvalue weighted by Crippen LogP contribution is -2.61. The topological polar surface area (TPSA) is 29.5 Å². The summed E-state index contributed by atoms with van der Waals surface area (Å²) in [7, 11) is 3.82. The van der Waals surface area contributed by atoms with Crippen LogP contribution in [0.3, 0.4) is 0 Å². The van der Waals surface area contributed by atoms with Crippen molar-refractivity contribution in [1.29, 1.82) is 0 Å². The Balaban J connectivity index is 1.67. The zero-order valence-corrected chi connectivity index (χ0v) is 22.9. The molecule has 0 bridgehead atoms. The molecule has 0 saturated heterocycles. The molecule has 0 amide bonds. The smallest absolute Gasteiger partial charge is 0.173 e. The Hall–Kier alpha value is -4.37. The van der Waals surface area contributed by atoms with Crippen LogP contribution in [0.2, 0.25) is 0 Å². The number of rotatable bonds is 5. The Bertz CT molecular complexity index is 1580. The van der Waals surface area contributed by atoms with Gasteiger partial charge in [-0.25, -0.2) is 0 Å². The van der Waals surface area contributed by atoms with Crippen LogP contribution < -0.4 is 9.64 Å². The third-order valence-corrected chi connectivity index (χ3v) is 8.78. The molecule has 6 rings (SSSR count). The number of nitrogens with zero attached hydrogens (tertiary/aromatic N) is 1. The number of hydrogen-bond donors (Lipinski definition) is 0. The van der Waals surface area contributed by atoms with Gasteiger partial charge in [0.05, 0.1) is 18.6 Å². The molecule has 1 spiro atoms. The van der Waals surface area contributed by atoms with Gasteiger partial charge in [-0.2, -0.15) is 0 Å². The minimum atomic E-state index is -0.654. The van der Waals surface area contributed by atoms with Crippen LogP contribution in [0.1, 0.15) is 40.9 Å². The van der Waals surface area contributed by atoms with E-state index in [0.717, 1.165) is 39.3 Å². The van der Waals surface area contributed by atoms with Gasteiger partial charge in [-0.05, 0) is 58.2 Å². The predicted molar refractivity (Wildman–Crippen MR) is 160 cm³/mol. The first-order valence-electron chi connectivity index (χ1n) is 13.5. The van der Waals surface area contributed by atoms with Crippen LogP contribution in [-0.2, 0) is 5.41 Å². The summed E-state index contributed by atoms with van der Waals surface area (Å²) in [6.07, 6.45) is 4.58. The summed E-state index contributed by atoms with van der Waals surface area (Å²) in [5.41, 5.74) is 6.38. The van der Waals surface area contributed by atoms with E-state index >= 15 is 0 Å². The predicted octanol–water partition coefficient (Wildman–Crippen LogP) is 7.84. The van der Waals surface area contributed by atoms with Crippen LogP contribution in [0.5, 0.6) is 5.75 Å². The highest BCUT2D eigenvalue weighted by Crippen LogP contribution is 2.60. The van der Waals surface area contributed by atoms with Crippen molar-refractivity contribution in [2.75, 3.05) is 19.1 Å². The number of likely N-dealkylation sites (N-methyl/N-ethyl adjacent to an activating group) is 1. The summed E-state index contributed by atoms with van der Waals surface area (Å²) in [5.74, 6) is 0.460. The largest absolute Gasteiger partial charge is 0.497 e. The third kappa shape index (κ3) is 3.76. The summed E-state index contributed by atoms with van der Waals surface area (Å²) in [4.78, 5) is 17.1. The molecule has 2 atom stereocenters. The molecule has 0 unspecified atom stereocenters. The van der Waals surface area contributed by atoms with Gasteiger partial charge in [-0.1, -0.05) is 105 Å². The highest BCUT2D eigenvalue weighted by atomic mass is 16.5. The van der Waals surface area contributed by atoms with Gasteiger partial charge in [-0.15, -0.1) is 0 Å². The molecule has 2 aliphatic rings. The van der Waals surface area contributed by atoms with Gasteiger partial charge in [0.2, 0.25) is 0 Å². The van der Waals surface area contributed by atoms with E-state index in [1.165, 1.54) is 5.56 Å². The van der Waals surface area contributed by atoms with Gasteiger partial charge >= 0.3 is 0 Å². The minimum Gasteiger partial charge on any atom is -0.497 e. The first kappa shape index (κ1) is 24.9. The Kier molecular flexibility index (Phi) is 6.03. The van der Waals surface area contributed by atoms with Crippen LogP contribution >= 0.6 is 0 Å². The fourth-order valence-electron chi connectivity index (χ4n) is 6.75. The van der Waals surface area contributed by atoms with E-state index in [4.69, 9.17) is 4.74 Å². The van der Waals surface area contributed by atoms with Crippen molar-refractivity contribution in [3.8, 4) is 5.75 Å². The number of para-hydroxylation sites is 1. The number of ether oxygens (including phenoxy) is 1. The molecule has 0 aromatic heterocycles. The van der Waals surface area contributed by atoms with Gasteiger partial charge < -0.3 is 9.64 Å². The van der Waals surface area contributed by atoms with E-state index in [1.54, 1.807) is 7.11 Å². The van der Waals surface area contributed by atoms with Crippen molar-refractivity contribution < 1.29 is 9.53 Å². The molecule has 0 saturated carbocycles. The van der Waals surface area contributed by atoms with Crippen molar-refractivity contribution in [2.45, 2.75) is 24.8 Å². The molecule has 3 nitrogen and oxygen atoms in total. The second kappa shape index (κ2) is 9.43. The molecule has 1 aliphatic carbocycles. The standard InChI is InChI=1S/C36H33NO2/c1-35(2)31-17-11-12-18-32(31)37(3)36(35)24-28(25-13-7-5-8-14-25)23-30(26-19-21-29(39-4)22-20-26)33(36)34(38)27-15-9-6-10-16-27/h5-24,33H,1-4H3/t33-,36-/m1/s1. The van der Waals surface area contributed by atoms with Crippen molar-refractivity contribution in [1.82, 2.24) is 0 Å². The second-order valence-electron chi connectivity index (χ2n) is 11.0. The fraction of sp³-hybridized carbons (Fsp3) is 0.194. The molecular formula is C36H33NO2. The summed E-state index contributed by atoms with van der Waals surface area (Å²) in [5, 5.41) is 0. The third-order valence-electron chi connectivity index (χ3n) is 8.78. The molecule has 1 heterocycles. The average molecular weight is 512 g/mol. The lowest BCUT2D eigenvalue weighted by Gasteiger charge is -2.52. The molecule has 3 heteroatoms. The minimum absolute atomic E-state index is 0.119. The first-order valence-corrected chi connectivity index (χ1v) is 13.5. The monoisotopic (exact) mass is 511 g/mol. The van der Waals surface area contributed by atoms with Crippen LogP contribution in [0.25, 0.3) is 11.1 Å². The quantitative estimate of drug-likeness (QED) is 0.256. The molecule has 39 heavy (non-hydrogen) atoms. The second-order valence-corrected chi connectivity index (χ2v) is 11.0. The van der Waals surface area contributed by atoms with E-state index in [0.29, 0.717) is 0 Å². The number of carbonyl (C=O) groups is 1. The van der Waals surface area contributed by atoms with Gasteiger partial charge in [-0.3, -0.25) is 4.79 Å². The Morgan fingerprint density at radius 2 is 1.38 bits per heavy atom. The lowest BCUT2D eigenvalue weighted by molar-refractivity contribution is 0.0885. The van der Waals surface area contributed by atoms with E-state index < -0.39 is 11.5 Å². The molecule has 0 radical (unpaired) electrons. The lowest BCUT2D eigenvalue weighted by atomic mass is 9.57. The summed E-state index contributed by atoms with van der Waals surface area (Å²) >= 11 is 0. The molecule has 0 fully saturated rings. The number of allylic oxidation sites excluding steroid dienone is 2. The van der Waals surface area contributed by atoms with Crippen LogP contribution in [-0.4, -0.2) is 25.5 Å². The summed E-state index contributed by atoms with van der Waals surface area (Å²) < 4.78 is 5.47. The molecular weight excluding hydrogens is 478 g/mol. The number of fused-ring (bicyclic) bond motifs is 1. The molecule has 1 aliphatic heterocycles. The number of carbonyl (C=O) groups excluding carboxylic acids is 1. The van der Waals surface area contributed by atoms with E-state index in [-0.39, 0.29) is 11.2 Å². The van der Waals surface area contributed by atoms with Crippen molar-refractivity contribution in [3.05, 3.63) is 144 Å². The summed E-state index contributed by atoms with van der Waals surface area (Å²) in [6, 6.07) is 36.9. The average Bonchev–Trinajstić information content (AvgIpc) is 3.15. The van der Waals surface area contributed by atoms with Gasteiger partial charge in [0.1, 0.15) is 5.75 Å². The number of methoxy groups -OCH3 is 1. The normalized spacial score (nSPS) is 21.2. The van der Waals surface area contributed by atoms with Crippen molar-refractivity contribution in [2.24, 2.45) is 5.92 Å². The summed E-state index contributed by atoms with van der Waals surface area (Å²) in [6.45, 7) is 4.58. The maximum atomic E-state index is 14.8. The van der Waals surface area contributed by atoms with Crippen LogP contribution in [0.15, 0.2) is 121 Å². The van der Waals surface area contributed by atoms with Crippen molar-refractivity contribution >= 4 is 22.6 Å². The Morgan fingerprint density at radius 3 is 2.03 bits per heavy atom. The number of anilines is 1. The van der Waals surface area contributed by atoms with E-state index in [9.17, 15) is 4.79 Å². The molecule has 4 aromatic rings. The molecule has 0 N–H and O–H groups in total. The van der Waals surface area contributed by atoms with Gasteiger partial charge in [0.15, 0.2) is 5.78 Å². The zero-order valence-electron chi connectivity index (χ0n) is 22.9. The number of ketones is 1. The number of Topliss-reactive ketones (excluding diaryl/α,β-unsaturated/α-hetero) is 1. The van der Waals surface area contributed by atoms with Gasteiger partial charge in [0.25, 0.3) is 0 Å². The molecule has 4 aromatic carbocycles. The first-order chi connectivity index (χ1) is 18.9. The van der Waals surface area contributed by atoms with E-state index in [2.05, 4.69) is 98.6 Å². The molecule has 194 valence electrons. The van der Waals surface area contributed by atoms with Crippen molar-refractivity contribution in [3.63, 3.8) is 0 Å². The van der Waals surface area contributed by atoms with E-state index in [1.807, 2.05) is 48.5 Å². The highest BCUT2D eigenvalue weighted by molar-refractivity contribution is 6.10.